The minimum Gasteiger partial charge on any atom is -0.493 e. The monoisotopic (exact) mass is 610 g/mol. The smallest absolute Gasteiger partial charge is 0.333 e. The van der Waals surface area contributed by atoms with Crippen molar-refractivity contribution in [2.75, 3.05) is 24.2 Å². The molecule has 2 aliphatic rings. The fraction of sp³-hybridized carbons (Fsp3) is 0.423. The predicted octanol–water partition coefficient (Wildman–Crippen LogP) is 4.87. The second kappa shape index (κ2) is 11.7. The van der Waals surface area contributed by atoms with Gasteiger partial charge >= 0.3 is 5.97 Å². The van der Waals surface area contributed by atoms with E-state index in [1.54, 1.807) is 30.2 Å². The van der Waals surface area contributed by atoms with Crippen LogP contribution in [0.3, 0.4) is 0 Å². The quantitative estimate of drug-likeness (QED) is 0.248. The van der Waals surface area contributed by atoms with Gasteiger partial charge in [-0.1, -0.05) is 58.5 Å². The van der Waals surface area contributed by atoms with Crippen LogP contribution in [0, 0.1) is 5.92 Å². The Balaban J connectivity index is 1.79. The van der Waals surface area contributed by atoms with Crippen LogP contribution in [-0.2, 0) is 20.7 Å². The summed E-state index contributed by atoms with van der Waals surface area (Å²) < 4.78 is 12.5. The summed E-state index contributed by atoms with van der Waals surface area (Å²) in [4.78, 5) is 32.4. The number of para-hydroxylation sites is 1. The Hall–Kier alpha value is -2.17. The number of allylic oxidation sites excluding steroid dienone is 1. The predicted molar refractivity (Wildman–Crippen MR) is 141 cm³/mol. The summed E-state index contributed by atoms with van der Waals surface area (Å²) in [5, 5.41) is 10.6. The number of ether oxygens (including phenoxy) is 2. The first-order valence-electron chi connectivity index (χ1n) is 11.7. The zero-order valence-corrected chi connectivity index (χ0v) is 22.4. The van der Waals surface area contributed by atoms with Crippen LogP contribution in [0.5, 0.6) is 5.75 Å². The Bertz CT molecular complexity index is 1100. The topological polar surface area (TPSA) is 89.0 Å². The SMILES string of the molecule is CC1=C(C(=O)O)[C@@H](c2ccc(Cl)nc2)C(Cc2ccccc2OCCI)C(=O)N1C[C@@H]1CCCO1. The van der Waals surface area contributed by atoms with Gasteiger partial charge in [0.25, 0.3) is 0 Å². The van der Waals surface area contributed by atoms with Gasteiger partial charge in [0.15, 0.2) is 0 Å². The van der Waals surface area contributed by atoms with E-state index in [9.17, 15) is 14.7 Å². The Kier molecular flexibility index (Phi) is 8.67. The summed E-state index contributed by atoms with van der Waals surface area (Å²) in [6.07, 6.45) is 3.58. The molecule has 2 aliphatic heterocycles. The normalized spacial score (nSPS) is 22.5. The highest BCUT2D eigenvalue weighted by Crippen LogP contribution is 2.43. The van der Waals surface area contributed by atoms with Crippen molar-refractivity contribution in [3.63, 3.8) is 0 Å². The van der Waals surface area contributed by atoms with Gasteiger partial charge in [0.2, 0.25) is 5.91 Å². The van der Waals surface area contributed by atoms with E-state index in [-0.39, 0.29) is 17.6 Å². The highest BCUT2D eigenvalue weighted by Gasteiger charge is 2.45. The molecule has 9 heteroatoms. The number of nitrogens with zero attached hydrogens (tertiary/aromatic N) is 2. The van der Waals surface area contributed by atoms with Crippen LogP contribution in [0.15, 0.2) is 53.9 Å². The van der Waals surface area contributed by atoms with Crippen molar-refractivity contribution < 1.29 is 24.2 Å². The molecule has 1 amide bonds. The molecule has 1 aromatic carbocycles. The molecule has 0 saturated carbocycles. The Morgan fingerprint density at radius 2 is 2.11 bits per heavy atom. The van der Waals surface area contributed by atoms with Gasteiger partial charge in [0, 0.05) is 28.8 Å². The zero-order valence-electron chi connectivity index (χ0n) is 19.5. The second-order valence-corrected chi connectivity index (χ2v) is 10.2. The number of aliphatic carboxylic acids is 1. The van der Waals surface area contributed by atoms with Crippen molar-refractivity contribution in [3.05, 3.63) is 70.1 Å². The van der Waals surface area contributed by atoms with Crippen molar-refractivity contribution in [3.8, 4) is 5.75 Å². The van der Waals surface area contributed by atoms with Crippen LogP contribution in [-0.4, -0.2) is 57.2 Å². The molecule has 1 N–H and O–H groups in total. The molecule has 7 nitrogen and oxygen atoms in total. The van der Waals surface area contributed by atoms with Crippen LogP contribution in [0.1, 0.15) is 36.8 Å². The third kappa shape index (κ3) is 5.81. The largest absolute Gasteiger partial charge is 0.493 e. The molecule has 1 unspecified atom stereocenters. The zero-order chi connectivity index (χ0) is 24.9. The van der Waals surface area contributed by atoms with Crippen LogP contribution < -0.4 is 4.74 Å². The van der Waals surface area contributed by atoms with Gasteiger partial charge < -0.3 is 19.5 Å². The lowest BCUT2D eigenvalue weighted by Crippen LogP contribution is -2.47. The molecule has 0 aliphatic carbocycles. The Morgan fingerprint density at radius 3 is 2.77 bits per heavy atom. The molecule has 35 heavy (non-hydrogen) atoms. The van der Waals surface area contributed by atoms with Crippen molar-refractivity contribution in [2.45, 2.75) is 38.2 Å². The summed E-state index contributed by atoms with van der Waals surface area (Å²) in [6, 6.07) is 11.0. The Labute approximate surface area is 223 Å². The number of aromatic nitrogens is 1. The maximum atomic E-state index is 14.0. The van der Waals surface area contributed by atoms with Crippen molar-refractivity contribution in [1.29, 1.82) is 0 Å². The number of amides is 1. The van der Waals surface area contributed by atoms with E-state index in [1.807, 2.05) is 24.3 Å². The van der Waals surface area contributed by atoms with Crippen molar-refractivity contribution in [1.82, 2.24) is 9.88 Å². The summed E-state index contributed by atoms with van der Waals surface area (Å²) in [6.45, 7) is 3.26. The van der Waals surface area contributed by atoms with Gasteiger partial charge in [-0.2, -0.15) is 0 Å². The molecule has 3 atom stereocenters. The molecule has 4 rings (SSSR count). The maximum absolute atomic E-state index is 14.0. The fourth-order valence-electron chi connectivity index (χ4n) is 4.96. The number of rotatable bonds is 9. The number of carbonyl (C=O) groups excluding carboxylic acids is 1. The first-order chi connectivity index (χ1) is 16.9. The minimum atomic E-state index is -1.05. The number of hydrogen-bond acceptors (Lipinski definition) is 5. The standard InChI is InChI=1S/C26H28ClIN2O5/c1-16-23(26(32)33)24(18-8-9-22(27)29-14-18)20(25(31)30(16)15-19-6-4-11-34-19)13-17-5-2-3-7-21(17)35-12-10-28/h2-3,5,7-9,14,19-20,24H,4,6,10-13,15H2,1H3,(H,32,33)/t19-,20?,24-/m0/s1. The van der Waals surface area contributed by atoms with E-state index in [2.05, 4.69) is 27.6 Å². The summed E-state index contributed by atoms with van der Waals surface area (Å²) in [7, 11) is 0. The molecule has 186 valence electrons. The second-order valence-electron chi connectivity index (χ2n) is 8.74. The van der Waals surface area contributed by atoms with Crippen LogP contribution >= 0.6 is 34.2 Å². The number of pyridine rings is 1. The molecule has 1 fully saturated rings. The maximum Gasteiger partial charge on any atom is 0.333 e. The van der Waals surface area contributed by atoms with Gasteiger partial charge in [-0.25, -0.2) is 9.78 Å². The lowest BCUT2D eigenvalue weighted by Gasteiger charge is -2.40. The van der Waals surface area contributed by atoms with Crippen LogP contribution in [0.2, 0.25) is 5.15 Å². The lowest BCUT2D eigenvalue weighted by molar-refractivity contribution is -0.139. The number of hydrogen-bond donors (Lipinski definition) is 1. The van der Waals surface area contributed by atoms with E-state index < -0.39 is 17.8 Å². The van der Waals surface area contributed by atoms with Gasteiger partial charge in [-0.15, -0.1) is 0 Å². The average molecular weight is 611 g/mol. The molecular weight excluding hydrogens is 583 g/mol. The third-order valence-electron chi connectivity index (χ3n) is 6.59. The fourth-order valence-corrected chi connectivity index (χ4v) is 5.29. The molecule has 0 bridgehead atoms. The van der Waals surface area contributed by atoms with Gasteiger partial charge in [0.1, 0.15) is 10.9 Å². The summed E-state index contributed by atoms with van der Waals surface area (Å²) >= 11 is 8.26. The lowest BCUT2D eigenvalue weighted by atomic mass is 9.74. The summed E-state index contributed by atoms with van der Waals surface area (Å²) in [5.74, 6) is -1.79. The van der Waals surface area contributed by atoms with E-state index in [1.165, 1.54) is 0 Å². The summed E-state index contributed by atoms with van der Waals surface area (Å²) in [5.41, 5.74) is 2.15. The number of carboxylic acid groups (broad SMARTS) is 1. The van der Waals surface area contributed by atoms with E-state index >= 15 is 0 Å². The average Bonchev–Trinajstić information content (AvgIpc) is 3.36. The molecule has 0 spiro atoms. The number of benzene rings is 1. The molecule has 3 heterocycles. The van der Waals surface area contributed by atoms with Gasteiger partial charge in [0.05, 0.1) is 30.7 Å². The Morgan fingerprint density at radius 1 is 1.31 bits per heavy atom. The van der Waals surface area contributed by atoms with Crippen LogP contribution in [0.4, 0.5) is 0 Å². The first kappa shape index (κ1) is 25.9. The van der Waals surface area contributed by atoms with E-state index in [0.717, 1.165) is 22.8 Å². The molecule has 2 aromatic rings. The molecule has 0 radical (unpaired) electrons. The van der Waals surface area contributed by atoms with Crippen LogP contribution in [0.25, 0.3) is 0 Å². The number of carbonyl (C=O) groups is 2. The number of halogens is 2. The highest BCUT2D eigenvalue weighted by molar-refractivity contribution is 14.1. The number of alkyl halides is 1. The molecule has 1 aromatic heterocycles. The van der Waals surface area contributed by atoms with E-state index in [4.69, 9.17) is 21.1 Å². The van der Waals surface area contributed by atoms with Crippen molar-refractivity contribution in [2.24, 2.45) is 5.92 Å². The minimum absolute atomic E-state index is 0.0994. The van der Waals surface area contributed by atoms with Gasteiger partial charge in [-0.05, 0) is 49.4 Å². The highest BCUT2D eigenvalue weighted by atomic mass is 127. The van der Waals surface area contributed by atoms with Gasteiger partial charge in [-0.3, -0.25) is 4.79 Å². The first-order valence-corrected chi connectivity index (χ1v) is 13.6. The molecule has 1 saturated heterocycles. The number of carboxylic acids is 1. The van der Waals surface area contributed by atoms with Crippen molar-refractivity contribution >= 4 is 46.1 Å². The third-order valence-corrected chi connectivity index (χ3v) is 7.25. The van der Waals surface area contributed by atoms with E-state index in [0.29, 0.717) is 48.3 Å². The molecular formula is C26H28ClIN2O5.